The van der Waals surface area contributed by atoms with Gasteiger partial charge >= 0.3 is 0 Å². The van der Waals surface area contributed by atoms with Gasteiger partial charge in [0, 0.05) is 55.9 Å². The van der Waals surface area contributed by atoms with Crippen LogP contribution in [0.5, 0.6) is 0 Å². The minimum absolute atomic E-state index is 0.0661. The fraction of sp³-hybridized carbons (Fsp3) is 0.364. The van der Waals surface area contributed by atoms with Crippen LogP contribution in [0, 0.1) is 13.8 Å². The van der Waals surface area contributed by atoms with Gasteiger partial charge in [0.25, 0.3) is 5.56 Å². The SMILES string of the molecule is Cc1ccc(N2CCN(CCc3c(C)nc4ccccn4c3=O)CC2)cc1. The highest BCUT2D eigenvalue weighted by atomic mass is 16.1. The molecule has 0 atom stereocenters. The van der Waals surface area contributed by atoms with Gasteiger partial charge in [0.2, 0.25) is 0 Å². The van der Waals surface area contributed by atoms with Crippen molar-refractivity contribution < 1.29 is 0 Å². The zero-order valence-electron chi connectivity index (χ0n) is 16.1. The third-order valence-electron chi connectivity index (χ3n) is 5.48. The van der Waals surface area contributed by atoms with Crippen molar-refractivity contribution >= 4 is 11.3 Å². The molecule has 0 radical (unpaired) electrons. The van der Waals surface area contributed by atoms with Crippen molar-refractivity contribution in [2.24, 2.45) is 0 Å². The molecule has 140 valence electrons. The minimum Gasteiger partial charge on any atom is -0.369 e. The Morgan fingerprint density at radius 3 is 2.44 bits per heavy atom. The van der Waals surface area contributed by atoms with Gasteiger partial charge in [-0.05, 0) is 44.5 Å². The number of fused-ring (bicyclic) bond motifs is 1. The molecule has 1 fully saturated rings. The number of rotatable bonds is 4. The van der Waals surface area contributed by atoms with Crippen LogP contribution in [0.3, 0.4) is 0 Å². The molecule has 0 saturated carbocycles. The predicted octanol–water partition coefficient (Wildman–Crippen LogP) is 2.68. The van der Waals surface area contributed by atoms with E-state index in [1.54, 1.807) is 10.6 Å². The minimum atomic E-state index is 0.0661. The van der Waals surface area contributed by atoms with E-state index in [-0.39, 0.29) is 5.56 Å². The molecule has 0 N–H and O–H groups in total. The monoisotopic (exact) mass is 362 g/mol. The topological polar surface area (TPSA) is 40.9 Å². The van der Waals surface area contributed by atoms with Gasteiger partial charge in [-0.2, -0.15) is 0 Å². The van der Waals surface area contributed by atoms with E-state index in [1.807, 2.05) is 25.1 Å². The van der Waals surface area contributed by atoms with Crippen molar-refractivity contribution in [3.63, 3.8) is 0 Å². The number of benzene rings is 1. The van der Waals surface area contributed by atoms with Crippen molar-refractivity contribution in [2.45, 2.75) is 20.3 Å². The van der Waals surface area contributed by atoms with Gasteiger partial charge in [-0.25, -0.2) is 4.98 Å². The van der Waals surface area contributed by atoms with E-state index < -0.39 is 0 Å². The van der Waals surface area contributed by atoms with Crippen LogP contribution >= 0.6 is 0 Å². The van der Waals surface area contributed by atoms with E-state index in [1.165, 1.54) is 11.3 Å². The fourth-order valence-electron chi connectivity index (χ4n) is 3.78. The summed E-state index contributed by atoms with van der Waals surface area (Å²) in [5, 5.41) is 0. The molecule has 0 amide bonds. The first kappa shape index (κ1) is 17.7. The lowest BCUT2D eigenvalue weighted by Crippen LogP contribution is -2.47. The Balaban J connectivity index is 1.40. The average Bonchev–Trinajstić information content (AvgIpc) is 2.69. The molecular weight excluding hydrogens is 336 g/mol. The van der Waals surface area contributed by atoms with E-state index in [2.05, 4.69) is 46.0 Å². The molecular formula is C22H26N4O. The Kier molecular flexibility index (Phi) is 4.94. The lowest BCUT2D eigenvalue weighted by Gasteiger charge is -2.36. The maximum Gasteiger partial charge on any atom is 0.261 e. The van der Waals surface area contributed by atoms with E-state index in [0.29, 0.717) is 0 Å². The smallest absolute Gasteiger partial charge is 0.261 e. The van der Waals surface area contributed by atoms with Crippen molar-refractivity contribution in [1.82, 2.24) is 14.3 Å². The molecule has 0 spiro atoms. The molecule has 1 aliphatic rings. The van der Waals surface area contributed by atoms with Crippen LogP contribution in [0.4, 0.5) is 5.69 Å². The average molecular weight is 362 g/mol. The summed E-state index contributed by atoms with van der Waals surface area (Å²) in [5.74, 6) is 0. The summed E-state index contributed by atoms with van der Waals surface area (Å²) < 4.78 is 1.65. The number of nitrogens with zero attached hydrogens (tertiary/aromatic N) is 4. The van der Waals surface area contributed by atoms with Gasteiger partial charge in [-0.1, -0.05) is 23.8 Å². The van der Waals surface area contributed by atoms with E-state index >= 15 is 0 Å². The van der Waals surface area contributed by atoms with Gasteiger partial charge in [0.15, 0.2) is 0 Å². The van der Waals surface area contributed by atoms with Crippen molar-refractivity contribution in [2.75, 3.05) is 37.6 Å². The van der Waals surface area contributed by atoms with Crippen LogP contribution in [-0.4, -0.2) is 47.0 Å². The van der Waals surface area contributed by atoms with Crippen LogP contribution in [0.1, 0.15) is 16.8 Å². The van der Waals surface area contributed by atoms with Gasteiger partial charge in [-0.3, -0.25) is 14.1 Å². The Morgan fingerprint density at radius 1 is 0.963 bits per heavy atom. The highest BCUT2D eigenvalue weighted by Crippen LogP contribution is 2.17. The van der Waals surface area contributed by atoms with Crippen LogP contribution in [-0.2, 0) is 6.42 Å². The van der Waals surface area contributed by atoms with Gasteiger partial charge in [-0.15, -0.1) is 0 Å². The standard InChI is InChI=1S/C22H26N4O/c1-17-6-8-19(9-7-17)25-15-13-24(14-16-25)12-10-20-18(2)23-21-5-3-4-11-26(21)22(20)27/h3-9,11H,10,12-16H2,1-2H3. The highest BCUT2D eigenvalue weighted by molar-refractivity contribution is 5.48. The first-order valence-corrected chi connectivity index (χ1v) is 9.63. The van der Waals surface area contributed by atoms with E-state index in [4.69, 9.17) is 0 Å². The fourth-order valence-corrected chi connectivity index (χ4v) is 3.78. The van der Waals surface area contributed by atoms with E-state index in [0.717, 1.165) is 56.0 Å². The number of pyridine rings is 1. The molecule has 4 rings (SSSR count). The van der Waals surface area contributed by atoms with Crippen LogP contribution in [0.25, 0.3) is 5.65 Å². The Morgan fingerprint density at radius 2 is 1.70 bits per heavy atom. The highest BCUT2D eigenvalue weighted by Gasteiger charge is 2.18. The molecule has 0 aliphatic carbocycles. The molecule has 1 aliphatic heterocycles. The lowest BCUT2D eigenvalue weighted by molar-refractivity contribution is 0.260. The summed E-state index contributed by atoms with van der Waals surface area (Å²) in [7, 11) is 0. The normalized spacial score (nSPS) is 15.4. The second kappa shape index (κ2) is 7.53. The number of anilines is 1. The number of hydrogen-bond acceptors (Lipinski definition) is 4. The second-order valence-corrected chi connectivity index (χ2v) is 7.32. The van der Waals surface area contributed by atoms with Crippen molar-refractivity contribution in [3.05, 3.63) is 75.8 Å². The molecule has 5 heteroatoms. The molecule has 0 bridgehead atoms. The molecule has 3 aromatic rings. The quantitative estimate of drug-likeness (QED) is 0.716. The maximum absolute atomic E-state index is 12.8. The van der Waals surface area contributed by atoms with Crippen LogP contribution in [0.15, 0.2) is 53.5 Å². The first-order valence-electron chi connectivity index (χ1n) is 9.63. The summed E-state index contributed by atoms with van der Waals surface area (Å²) in [6.07, 6.45) is 2.55. The molecule has 2 aromatic heterocycles. The van der Waals surface area contributed by atoms with Crippen molar-refractivity contribution in [1.29, 1.82) is 0 Å². The van der Waals surface area contributed by atoms with Gasteiger partial charge in [0.05, 0.1) is 0 Å². The number of piperazine rings is 1. The zero-order chi connectivity index (χ0) is 18.8. The molecule has 3 heterocycles. The first-order chi connectivity index (χ1) is 13.1. The Bertz CT molecular complexity index is 985. The number of hydrogen-bond donors (Lipinski definition) is 0. The molecule has 1 aromatic carbocycles. The summed E-state index contributed by atoms with van der Waals surface area (Å²) in [4.78, 5) is 22.3. The summed E-state index contributed by atoms with van der Waals surface area (Å²) in [6, 6.07) is 14.4. The molecule has 1 saturated heterocycles. The summed E-state index contributed by atoms with van der Waals surface area (Å²) in [6.45, 7) is 9.06. The second-order valence-electron chi connectivity index (χ2n) is 7.32. The predicted molar refractivity (Wildman–Crippen MR) is 110 cm³/mol. The Labute approximate surface area is 159 Å². The van der Waals surface area contributed by atoms with Gasteiger partial charge in [0.1, 0.15) is 5.65 Å². The lowest BCUT2D eigenvalue weighted by atomic mass is 10.1. The maximum atomic E-state index is 12.8. The van der Waals surface area contributed by atoms with Crippen LogP contribution in [0.2, 0.25) is 0 Å². The third-order valence-corrected chi connectivity index (χ3v) is 5.48. The van der Waals surface area contributed by atoms with Crippen LogP contribution < -0.4 is 10.5 Å². The molecule has 27 heavy (non-hydrogen) atoms. The summed E-state index contributed by atoms with van der Waals surface area (Å²) >= 11 is 0. The largest absolute Gasteiger partial charge is 0.369 e. The number of aromatic nitrogens is 2. The molecule has 5 nitrogen and oxygen atoms in total. The zero-order valence-corrected chi connectivity index (χ0v) is 16.1. The van der Waals surface area contributed by atoms with Gasteiger partial charge < -0.3 is 4.90 Å². The number of aryl methyl sites for hydroxylation is 2. The molecule has 0 unspecified atom stereocenters. The Hall–Kier alpha value is -2.66. The third kappa shape index (κ3) is 3.74. The van der Waals surface area contributed by atoms with Crippen molar-refractivity contribution in [3.8, 4) is 0 Å². The van der Waals surface area contributed by atoms with E-state index in [9.17, 15) is 4.79 Å². The summed E-state index contributed by atoms with van der Waals surface area (Å²) in [5.41, 5.74) is 5.06.